The summed E-state index contributed by atoms with van der Waals surface area (Å²) in [4.78, 5) is 14.7. The number of amides is 1. The van der Waals surface area contributed by atoms with E-state index in [1.807, 2.05) is 46.8 Å². The van der Waals surface area contributed by atoms with Crippen LogP contribution in [0.2, 0.25) is 0 Å². The minimum Gasteiger partial charge on any atom is -0.340 e. The fourth-order valence-corrected chi connectivity index (χ4v) is 4.11. The number of nitrogens with zero attached hydrogens (tertiary/aromatic N) is 3. The number of para-hydroxylation sites is 1. The summed E-state index contributed by atoms with van der Waals surface area (Å²) in [5.74, 6) is 0.00848. The van der Waals surface area contributed by atoms with Crippen molar-refractivity contribution in [2.24, 2.45) is 7.05 Å². The second kappa shape index (κ2) is 6.22. The Labute approximate surface area is 142 Å². The van der Waals surface area contributed by atoms with E-state index in [1.165, 1.54) is 10.6 Å². The molecule has 0 N–H and O–H groups in total. The van der Waals surface area contributed by atoms with Gasteiger partial charge >= 0.3 is 0 Å². The van der Waals surface area contributed by atoms with Gasteiger partial charge in [0, 0.05) is 44.1 Å². The number of aromatic nitrogens is 1. The molecule has 3 rings (SSSR count). The molecule has 0 atom stereocenters. The van der Waals surface area contributed by atoms with Crippen LogP contribution in [0.3, 0.4) is 0 Å². The van der Waals surface area contributed by atoms with Crippen LogP contribution < -0.4 is 0 Å². The summed E-state index contributed by atoms with van der Waals surface area (Å²) < 4.78 is 26.7. The van der Waals surface area contributed by atoms with E-state index in [1.54, 1.807) is 7.05 Å². The quantitative estimate of drug-likeness (QED) is 0.847. The predicted molar refractivity (Wildman–Crippen MR) is 94.5 cm³/mol. The van der Waals surface area contributed by atoms with Crippen molar-refractivity contribution >= 4 is 26.8 Å². The van der Waals surface area contributed by atoms with Crippen LogP contribution in [0.1, 0.15) is 23.3 Å². The fourth-order valence-electron chi connectivity index (χ4n) is 3.36. The first-order valence-corrected chi connectivity index (χ1v) is 9.90. The average Bonchev–Trinajstić information content (AvgIpc) is 2.90. The highest BCUT2D eigenvalue weighted by molar-refractivity contribution is 7.88. The molecule has 7 heteroatoms. The highest BCUT2D eigenvalue weighted by atomic mass is 32.2. The number of hydrogen-bond donors (Lipinski definition) is 0. The number of carbonyl (C=O) groups is 1. The van der Waals surface area contributed by atoms with E-state index in [2.05, 4.69) is 0 Å². The SMILES string of the molecule is CN(C1CCN(C(=O)c2cc3ccccc3n2C)CC1)S(C)(=O)=O. The number of benzene rings is 1. The maximum absolute atomic E-state index is 12.8. The standard InChI is InChI=1S/C17H23N3O3S/c1-18-15-7-5-4-6-13(15)12-16(18)17(21)20-10-8-14(9-11-20)19(2)24(3,22)23/h4-7,12,14H,8-11H2,1-3H3. The van der Waals surface area contributed by atoms with Crippen molar-refractivity contribution in [1.29, 1.82) is 0 Å². The minimum absolute atomic E-state index is 0.00848. The Balaban J connectivity index is 1.74. The van der Waals surface area contributed by atoms with Gasteiger partial charge in [-0.05, 0) is 25.0 Å². The summed E-state index contributed by atoms with van der Waals surface area (Å²) >= 11 is 0. The molecule has 0 spiro atoms. The Kier molecular flexibility index (Phi) is 4.40. The van der Waals surface area contributed by atoms with Crippen molar-refractivity contribution < 1.29 is 13.2 Å². The first kappa shape index (κ1) is 17.0. The van der Waals surface area contributed by atoms with Gasteiger partial charge in [0.05, 0.1) is 6.26 Å². The van der Waals surface area contributed by atoms with Gasteiger partial charge in [0.2, 0.25) is 10.0 Å². The van der Waals surface area contributed by atoms with Crippen LogP contribution in [0.5, 0.6) is 0 Å². The molecule has 1 saturated heterocycles. The van der Waals surface area contributed by atoms with Crippen molar-refractivity contribution in [1.82, 2.24) is 13.8 Å². The second-order valence-corrected chi connectivity index (χ2v) is 8.49. The van der Waals surface area contributed by atoms with Crippen LogP contribution in [-0.2, 0) is 17.1 Å². The van der Waals surface area contributed by atoms with Crippen LogP contribution in [0.25, 0.3) is 10.9 Å². The second-order valence-electron chi connectivity index (χ2n) is 6.45. The third-order valence-corrected chi connectivity index (χ3v) is 6.30. The zero-order valence-electron chi connectivity index (χ0n) is 14.3. The van der Waals surface area contributed by atoms with Crippen molar-refractivity contribution in [3.63, 3.8) is 0 Å². The lowest BCUT2D eigenvalue weighted by Gasteiger charge is -2.35. The monoisotopic (exact) mass is 349 g/mol. The molecule has 0 saturated carbocycles. The Morgan fingerprint density at radius 3 is 2.42 bits per heavy atom. The summed E-state index contributed by atoms with van der Waals surface area (Å²) in [6.07, 6.45) is 2.55. The molecule has 0 aliphatic carbocycles. The number of piperidine rings is 1. The third-order valence-electron chi connectivity index (χ3n) is 4.96. The van der Waals surface area contributed by atoms with E-state index in [0.29, 0.717) is 31.6 Å². The van der Waals surface area contributed by atoms with Crippen molar-refractivity contribution in [2.45, 2.75) is 18.9 Å². The number of hydrogen-bond acceptors (Lipinski definition) is 3. The maximum atomic E-state index is 12.8. The zero-order chi connectivity index (χ0) is 17.5. The van der Waals surface area contributed by atoms with Crippen LogP contribution in [0.15, 0.2) is 30.3 Å². The topological polar surface area (TPSA) is 62.6 Å². The van der Waals surface area contributed by atoms with Crippen LogP contribution in [0, 0.1) is 0 Å². The molecule has 24 heavy (non-hydrogen) atoms. The van der Waals surface area contributed by atoms with Gasteiger partial charge in [-0.2, -0.15) is 0 Å². The summed E-state index contributed by atoms with van der Waals surface area (Å²) in [5, 5.41) is 1.05. The highest BCUT2D eigenvalue weighted by Crippen LogP contribution is 2.23. The predicted octanol–water partition coefficient (Wildman–Crippen LogP) is 1.67. The number of sulfonamides is 1. The Bertz CT molecular complexity index is 864. The summed E-state index contributed by atoms with van der Waals surface area (Å²) in [6.45, 7) is 1.15. The molecule has 2 heterocycles. The summed E-state index contributed by atoms with van der Waals surface area (Å²) in [6, 6.07) is 9.81. The first-order valence-electron chi connectivity index (χ1n) is 8.06. The first-order chi connectivity index (χ1) is 11.3. The van der Waals surface area contributed by atoms with Gasteiger partial charge in [0.1, 0.15) is 5.69 Å². The molecule has 1 aliphatic rings. The number of aryl methyl sites for hydroxylation is 1. The lowest BCUT2D eigenvalue weighted by Crippen LogP contribution is -2.47. The fraction of sp³-hybridized carbons (Fsp3) is 0.471. The molecule has 1 aromatic heterocycles. The molecule has 6 nitrogen and oxygen atoms in total. The van der Waals surface area contributed by atoms with Gasteiger partial charge in [-0.15, -0.1) is 0 Å². The zero-order valence-corrected chi connectivity index (χ0v) is 15.1. The molecule has 0 unspecified atom stereocenters. The van der Waals surface area contributed by atoms with E-state index >= 15 is 0 Å². The van der Waals surface area contributed by atoms with Crippen LogP contribution in [-0.4, -0.2) is 60.5 Å². The van der Waals surface area contributed by atoms with E-state index in [0.717, 1.165) is 10.9 Å². The van der Waals surface area contributed by atoms with Crippen LogP contribution in [0.4, 0.5) is 0 Å². The summed E-state index contributed by atoms with van der Waals surface area (Å²) in [7, 11) is 0.324. The third kappa shape index (κ3) is 3.06. The van der Waals surface area contributed by atoms with E-state index in [4.69, 9.17) is 0 Å². The number of likely N-dealkylation sites (tertiary alicyclic amines) is 1. The lowest BCUT2D eigenvalue weighted by molar-refractivity contribution is 0.0677. The maximum Gasteiger partial charge on any atom is 0.270 e. The van der Waals surface area contributed by atoms with Gasteiger partial charge < -0.3 is 9.47 Å². The van der Waals surface area contributed by atoms with Gasteiger partial charge in [-0.3, -0.25) is 4.79 Å². The molecular weight excluding hydrogens is 326 g/mol. The highest BCUT2D eigenvalue weighted by Gasteiger charge is 2.30. The van der Waals surface area contributed by atoms with Gasteiger partial charge in [-0.1, -0.05) is 18.2 Å². The molecule has 2 aromatic rings. The Morgan fingerprint density at radius 2 is 1.83 bits per heavy atom. The molecule has 1 aromatic carbocycles. The average molecular weight is 349 g/mol. The Morgan fingerprint density at radius 1 is 1.21 bits per heavy atom. The van der Waals surface area contributed by atoms with E-state index in [-0.39, 0.29) is 11.9 Å². The summed E-state index contributed by atoms with van der Waals surface area (Å²) in [5.41, 5.74) is 1.71. The van der Waals surface area contributed by atoms with Crippen molar-refractivity contribution in [2.75, 3.05) is 26.4 Å². The minimum atomic E-state index is -3.19. The largest absolute Gasteiger partial charge is 0.340 e. The number of fused-ring (bicyclic) bond motifs is 1. The van der Waals surface area contributed by atoms with Crippen LogP contribution >= 0.6 is 0 Å². The molecule has 1 aliphatic heterocycles. The van der Waals surface area contributed by atoms with Gasteiger partial charge in [-0.25, -0.2) is 12.7 Å². The molecular formula is C17H23N3O3S. The molecule has 1 fully saturated rings. The molecule has 0 radical (unpaired) electrons. The number of rotatable bonds is 3. The van der Waals surface area contributed by atoms with E-state index < -0.39 is 10.0 Å². The van der Waals surface area contributed by atoms with E-state index in [9.17, 15) is 13.2 Å². The normalized spacial score (nSPS) is 16.9. The molecule has 0 bridgehead atoms. The smallest absolute Gasteiger partial charge is 0.270 e. The van der Waals surface area contributed by atoms with Gasteiger partial charge in [0.25, 0.3) is 5.91 Å². The number of carbonyl (C=O) groups excluding carboxylic acids is 1. The molecule has 130 valence electrons. The Hall–Kier alpha value is -1.86. The van der Waals surface area contributed by atoms with Gasteiger partial charge in [0.15, 0.2) is 0 Å². The van der Waals surface area contributed by atoms with Crippen molar-refractivity contribution in [3.05, 3.63) is 36.0 Å². The van der Waals surface area contributed by atoms with Crippen molar-refractivity contribution in [3.8, 4) is 0 Å². The lowest BCUT2D eigenvalue weighted by atomic mass is 10.1. The molecule has 1 amide bonds.